The maximum Gasteiger partial charge on any atom is 0.268 e. The van der Waals surface area contributed by atoms with Gasteiger partial charge in [-0.3, -0.25) is 9.36 Å². The van der Waals surface area contributed by atoms with Crippen molar-refractivity contribution in [3.05, 3.63) is 57.1 Å². The average Bonchev–Trinajstić information content (AvgIpc) is 2.47. The highest BCUT2D eigenvalue weighted by Gasteiger charge is 2.11. The van der Waals surface area contributed by atoms with Crippen LogP contribution in [0.3, 0.4) is 0 Å². The monoisotopic (exact) mass is 286 g/mol. The van der Waals surface area contributed by atoms with Crippen LogP contribution >= 0.6 is 0 Å². The summed E-state index contributed by atoms with van der Waals surface area (Å²) in [5, 5.41) is 0.455. The highest BCUT2D eigenvalue weighted by atomic mass is 19.1. The van der Waals surface area contributed by atoms with Crippen LogP contribution in [-0.2, 0) is 6.42 Å². The molecule has 110 valence electrons. The third-order valence-electron chi connectivity index (χ3n) is 3.29. The summed E-state index contributed by atoms with van der Waals surface area (Å²) in [7, 11) is 0. The molecule has 4 heteroatoms. The van der Waals surface area contributed by atoms with Crippen LogP contribution in [-0.4, -0.2) is 9.55 Å². The molecule has 0 N–H and O–H groups in total. The van der Waals surface area contributed by atoms with E-state index in [9.17, 15) is 9.18 Å². The second-order valence-electron chi connectivity index (χ2n) is 4.84. The van der Waals surface area contributed by atoms with E-state index in [4.69, 9.17) is 0 Å². The summed E-state index contributed by atoms with van der Waals surface area (Å²) in [4.78, 5) is 17.2. The highest BCUT2D eigenvalue weighted by Crippen LogP contribution is 2.06. The molecule has 0 fully saturated rings. The summed E-state index contributed by atoms with van der Waals surface area (Å²) >= 11 is 0. The molecule has 1 aromatic carbocycles. The summed E-state index contributed by atoms with van der Waals surface area (Å²) in [5.74, 6) is 0.153. The standard InChI is InChI=1S/C17H19FN2O/c1-4-9-15-19-14(5-2)16(12(3)18)17(21)20(15)13-10-7-6-8-11-13/h5-8,10-11H,4,9H2,1-3H3/b14-5+,16-12-. The van der Waals surface area contributed by atoms with Gasteiger partial charge in [-0.25, -0.2) is 9.37 Å². The summed E-state index contributed by atoms with van der Waals surface area (Å²) < 4.78 is 15.3. The van der Waals surface area contributed by atoms with E-state index in [1.165, 1.54) is 11.5 Å². The summed E-state index contributed by atoms with van der Waals surface area (Å²) in [6.07, 6.45) is 3.20. The van der Waals surface area contributed by atoms with Gasteiger partial charge in [0.25, 0.3) is 5.56 Å². The second-order valence-corrected chi connectivity index (χ2v) is 4.84. The molecular weight excluding hydrogens is 267 g/mol. The van der Waals surface area contributed by atoms with Crippen LogP contribution in [0.1, 0.15) is 33.0 Å². The van der Waals surface area contributed by atoms with Crippen LogP contribution in [0.15, 0.2) is 35.1 Å². The molecule has 21 heavy (non-hydrogen) atoms. The van der Waals surface area contributed by atoms with Crippen molar-refractivity contribution in [2.24, 2.45) is 0 Å². The fourth-order valence-corrected chi connectivity index (χ4v) is 2.35. The molecule has 2 aromatic rings. The van der Waals surface area contributed by atoms with Crippen LogP contribution < -0.4 is 16.1 Å². The summed E-state index contributed by atoms with van der Waals surface area (Å²) in [6, 6.07) is 9.24. The molecule has 0 aliphatic carbocycles. The minimum absolute atomic E-state index is 0.0428. The third kappa shape index (κ3) is 2.94. The first-order valence-corrected chi connectivity index (χ1v) is 7.10. The Kier molecular flexibility index (Phi) is 4.68. The number of hydrogen-bond donors (Lipinski definition) is 0. The lowest BCUT2D eigenvalue weighted by molar-refractivity contribution is 0.713. The fraction of sp³-hybridized carbons (Fsp3) is 0.294. The normalized spacial score (nSPS) is 13.4. The van der Waals surface area contributed by atoms with E-state index < -0.39 is 5.83 Å². The molecule has 0 saturated carbocycles. The number of nitrogens with zero attached hydrogens (tertiary/aromatic N) is 2. The van der Waals surface area contributed by atoms with E-state index in [1.807, 2.05) is 37.3 Å². The number of aryl methyl sites for hydroxylation is 1. The van der Waals surface area contributed by atoms with Crippen molar-refractivity contribution < 1.29 is 4.39 Å². The Morgan fingerprint density at radius 2 is 2.00 bits per heavy atom. The minimum atomic E-state index is -0.506. The van der Waals surface area contributed by atoms with Crippen LogP contribution in [0, 0.1) is 0 Å². The van der Waals surface area contributed by atoms with Crippen molar-refractivity contribution >= 4 is 11.9 Å². The van der Waals surface area contributed by atoms with Crippen LogP contribution in [0.5, 0.6) is 0 Å². The predicted octanol–water partition coefficient (Wildman–Crippen LogP) is 2.08. The highest BCUT2D eigenvalue weighted by molar-refractivity contribution is 5.38. The van der Waals surface area contributed by atoms with E-state index >= 15 is 0 Å². The second kappa shape index (κ2) is 6.48. The molecule has 0 aliphatic heterocycles. The molecule has 0 unspecified atom stereocenters. The predicted molar refractivity (Wildman–Crippen MR) is 83.4 cm³/mol. The molecule has 0 radical (unpaired) electrons. The topological polar surface area (TPSA) is 34.9 Å². The van der Waals surface area contributed by atoms with Gasteiger partial charge in [-0.05, 0) is 32.4 Å². The minimum Gasteiger partial charge on any atom is -0.268 e. The smallest absolute Gasteiger partial charge is 0.268 e. The molecular formula is C17H19FN2O. The Hall–Kier alpha value is -2.23. The van der Waals surface area contributed by atoms with Gasteiger partial charge >= 0.3 is 0 Å². The van der Waals surface area contributed by atoms with E-state index in [2.05, 4.69) is 4.98 Å². The van der Waals surface area contributed by atoms with Gasteiger partial charge in [-0.2, -0.15) is 0 Å². The zero-order chi connectivity index (χ0) is 15.4. The molecule has 0 amide bonds. The van der Waals surface area contributed by atoms with Gasteiger partial charge in [-0.1, -0.05) is 31.2 Å². The zero-order valence-corrected chi connectivity index (χ0v) is 12.6. The van der Waals surface area contributed by atoms with Crippen molar-refractivity contribution in [1.82, 2.24) is 9.55 Å². The van der Waals surface area contributed by atoms with E-state index in [-0.39, 0.29) is 10.8 Å². The van der Waals surface area contributed by atoms with Gasteiger partial charge < -0.3 is 0 Å². The van der Waals surface area contributed by atoms with Gasteiger partial charge in [0.15, 0.2) is 0 Å². The Labute approximate surface area is 123 Å². The maximum absolute atomic E-state index is 13.8. The largest absolute Gasteiger partial charge is 0.268 e. The van der Waals surface area contributed by atoms with Crippen molar-refractivity contribution in [2.75, 3.05) is 0 Å². The number of hydrogen-bond acceptors (Lipinski definition) is 2. The molecule has 3 nitrogen and oxygen atoms in total. The van der Waals surface area contributed by atoms with Gasteiger partial charge in [0.05, 0.1) is 16.3 Å². The fourth-order valence-electron chi connectivity index (χ4n) is 2.35. The van der Waals surface area contributed by atoms with Crippen molar-refractivity contribution in [3.63, 3.8) is 0 Å². The quantitative estimate of drug-likeness (QED) is 0.866. The lowest BCUT2D eigenvalue weighted by Gasteiger charge is -2.12. The van der Waals surface area contributed by atoms with E-state index in [1.54, 1.807) is 13.0 Å². The molecule has 2 rings (SSSR count). The molecule has 0 bridgehead atoms. The Morgan fingerprint density at radius 1 is 1.33 bits per heavy atom. The van der Waals surface area contributed by atoms with Crippen molar-refractivity contribution in [3.8, 4) is 5.69 Å². The first-order chi connectivity index (χ1) is 10.1. The lowest BCUT2D eigenvalue weighted by Crippen LogP contribution is -2.48. The number of rotatable bonds is 3. The molecule has 0 atom stereocenters. The van der Waals surface area contributed by atoms with Crippen molar-refractivity contribution in [2.45, 2.75) is 33.6 Å². The van der Waals surface area contributed by atoms with Crippen LogP contribution in [0.4, 0.5) is 4.39 Å². The SMILES string of the molecule is C/C=c1/nc(CCC)n(-c2ccccc2)c(=O)/c1=C(/C)F. The van der Waals surface area contributed by atoms with E-state index in [0.29, 0.717) is 23.3 Å². The van der Waals surface area contributed by atoms with Gasteiger partial charge in [0.1, 0.15) is 11.7 Å². The summed E-state index contributed by atoms with van der Waals surface area (Å²) in [6.45, 7) is 5.08. The Balaban J connectivity index is 2.96. The van der Waals surface area contributed by atoms with Crippen LogP contribution in [0.25, 0.3) is 17.6 Å². The summed E-state index contributed by atoms with van der Waals surface area (Å²) in [5.41, 5.74) is 0.358. The number of halogens is 1. The molecule has 1 heterocycles. The Morgan fingerprint density at radius 3 is 2.52 bits per heavy atom. The zero-order valence-electron chi connectivity index (χ0n) is 12.6. The Bertz CT molecular complexity index is 803. The van der Waals surface area contributed by atoms with Crippen LogP contribution in [0.2, 0.25) is 0 Å². The average molecular weight is 286 g/mol. The lowest BCUT2D eigenvalue weighted by atomic mass is 10.2. The molecule has 1 aromatic heterocycles. The first kappa shape index (κ1) is 15.2. The third-order valence-corrected chi connectivity index (χ3v) is 3.29. The molecule has 0 aliphatic rings. The van der Waals surface area contributed by atoms with Gasteiger partial charge in [-0.15, -0.1) is 0 Å². The van der Waals surface area contributed by atoms with Gasteiger partial charge in [0.2, 0.25) is 0 Å². The van der Waals surface area contributed by atoms with Gasteiger partial charge in [0, 0.05) is 6.42 Å². The number of benzene rings is 1. The molecule has 0 saturated heterocycles. The first-order valence-electron chi connectivity index (χ1n) is 7.10. The molecule has 0 spiro atoms. The number of para-hydroxylation sites is 1. The number of aromatic nitrogens is 2. The van der Waals surface area contributed by atoms with Crippen molar-refractivity contribution in [1.29, 1.82) is 0 Å². The maximum atomic E-state index is 13.8. The van der Waals surface area contributed by atoms with E-state index in [0.717, 1.165) is 6.42 Å².